The minimum atomic E-state index is 0.000509. The topological polar surface area (TPSA) is 34.0 Å². The summed E-state index contributed by atoms with van der Waals surface area (Å²) in [5.41, 5.74) is 3.41. The predicted molar refractivity (Wildman–Crippen MR) is 59.2 cm³/mol. The Kier molecular flexibility index (Phi) is 1.63. The van der Waals surface area contributed by atoms with E-state index in [9.17, 15) is 4.79 Å². The standard InChI is InChI=1S/C12H12N2O/c1-8-9-4-2-3-5-11(9)14-10(8)6-7-13-12(14)15/h2-5H,6-7H2,1H3,(H,13,15). The van der Waals surface area contributed by atoms with Crippen LogP contribution in [-0.4, -0.2) is 17.1 Å². The SMILES string of the molecule is Cc1c2n(c3ccccc13)C(=O)NCC2. The third-order valence-corrected chi connectivity index (χ3v) is 3.09. The van der Waals surface area contributed by atoms with Gasteiger partial charge in [-0.1, -0.05) is 18.2 Å². The van der Waals surface area contributed by atoms with Crippen molar-refractivity contribution in [1.82, 2.24) is 9.88 Å². The zero-order chi connectivity index (χ0) is 10.4. The summed E-state index contributed by atoms with van der Waals surface area (Å²) >= 11 is 0. The quantitative estimate of drug-likeness (QED) is 0.694. The van der Waals surface area contributed by atoms with E-state index in [1.807, 2.05) is 18.2 Å². The molecule has 1 aromatic heterocycles. The van der Waals surface area contributed by atoms with Gasteiger partial charge in [-0.25, -0.2) is 4.79 Å². The first-order valence-electron chi connectivity index (χ1n) is 5.16. The van der Waals surface area contributed by atoms with Crippen LogP contribution in [0.25, 0.3) is 10.9 Å². The Morgan fingerprint density at radius 3 is 3.00 bits per heavy atom. The lowest BCUT2D eigenvalue weighted by Crippen LogP contribution is -2.36. The number of rotatable bonds is 0. The van der Waals surface area contributed by atoms with E-state index in [-0.39, 0.29) is 6.03 Å². The number of aryl methyl sites for hydroxylation is 1. The van der Waals surface area contributed by atoms with Gasteiger partial charge in [-0.2, -0.15) is 0 Å². The Balaban J connectivity index is 2.46. The number of carbonyl (C=O) groups excluding carboxylic acids is 1. The summed E-state index contributed by atoms with van der Waals surface area (Å²) in [6.07, 6.45) is 0.923. The lowest BCUT2D eigenvalue weighted by molar-refractivity contribution is 0.240. The lowest BCUT2D eigenvalue weighted by atomic mass is 10.1. The van der Waals surface area contributed by atoms with Crippen LogP contribution in [0.1, 0.15) is 11.3 Å². The fourth-order valence-corrected chi connectivity index (χ4v) is 2.35. The van der Waals surface area contributed by atoms with Gasteiger partial charge in [0.1, 0.15) is 0 Å². The van der Waals surface area contributed by atoms with Crippen LogP contribution in [0.5, 0.6) is 0 Å². The zero-order valence-corrected chi connectivity index (χ0v) is 8.58. The van der Waals surface area contributed by atoms with E-state index in [0.717, 1.165) is 24.2 Å². The van der Waals surface area contributed by atoms with Gasteiger partial charge in [0, 0.05) is 24.0 Å². The molecule has 0 saturated carbocycles. The van der Waals surface area contributed by atoms with Gasteiger partial charge < -0.3 is 5.32 Å². The van der Waals surface area contributed by atoms with Crippen LogP contribution in [0, 0.1) is 6.92 Å². The number of para-hydroxylation sites is 1. The van der Waals surface area contributed by atoms with E-state index >= 15 is 0 Å². The summed E-state index contributed by atoms with van der Waals surface area (Å²) in [5.74, 6) is 0. The Morgan fingerprint density at radius 1 is 1.33 bits per heavy atom. The molecule has 1 amide bonds. The van der Waals surface area contributed by atoms with Crippen molar-refractivity contribution in [3.8, 4) is 0 Å². The molecule has 3 rings (SSSR count). The summed E-state index contributed by atoms with van der Waals surface area (Å²) in [4.78, 5) is 11.8. The van der Waals surface area contributed by atoms with E-state index in [0.29, 0.717) is 0 Å². The molecule has 76 valence electrons. The summed E-state index contributed by atoms with van der Waals surface area (Å²) in [6, 6.07) is 8.05. The van der Waals surface area contributed by atoms with Crippen LogP contribution >= 0.6 is 0 Å². The molecule has 0 bridgehead atoms. The first-order chi connectivity index (χ1) is 7.29. The van der Waals surface area contributed by atoms with Gasteiger partial charge in [0.05, 0.1) is 5.52 Å². The zero-order valence-electron chi connectivity index (χ0n) is 8.58. The molecule has 0 unspecified atom stereocenters. The Morgan fingerprint density at radius 2 is 2.13 bits per heavy atom. The van der Waals surface area contributed by atoms with Crippen molar-refractivity contribution >= 4 is 16.9 Å². The molecular weight excluding hydrogens is 188 g/mol. The molecule has 3 heteroatoms. The van der Waals surface area contributed by atoms with Gasteiger partial charge in [0.25, 0.3) is 0 Å². The van der Waals surface area contributed by atoms with E-state index in [2.05, 4.69) is 18.3 Å². The van der Waals surface area contributed by atoms with E-state index in [4.69, 9.17) is 0 Å². The van der Waals surface area contributed by atoms with E-state index in [1.54, 1.807) is 4.57 Å². The number of amides is 1. The first kappa shape index (κ1) is 8.53. The average Bonchev–Trinajstić information content (AvgIpc) is 2.55. The summed E-state index contributed by atoms with van der Waals surface area (Å²) in [7, 11) is 0. The normalized spacial score (nSPS) is 15.1. The minimum Gasteiger partial charge on any atom is -0.337 e. The van der Waals surface area contributed by atoms with Crippen LogP contribution < -0.4 is 5.32 Å². The molecular formula is C12H12N2O. The average molecular weight is 200 g/mol. The van der Waals surface area contributed by atoms with Crippen molar-refractivity contribution in [2.45, 2.75) is 13.3 Å². The maximum absolute atomic E-state index is 11.8. The highest BCUT2D eigenvalue weighted by molar-refractivity contribution is 5.95. The Labute approximate surface area is 87.7 Å². The second-order valence-corrected chi connectivity index (χ2v) is 3.91. The van der Waals surface area contributed by atoms with E-state index < -0.39 is 0 Å². The smallest absolute Gasteiger partial charge is 0.326 e. The van der Waals surface area contributed by atoms with Crippen molar-refractivity contribution in [2.24, 2.45) is 0 Å². The van der Waals surface area contributed by atoms with Crippen molar-refractivity contribution in [3.05, 3.63) is 35.5 Å². The number of aromatic nitrogens is 1. The number of hydrogen-bond donors (Lipinski definition) is 1. The highest BCUT2D eigenvalue weighted by atomic mass is 16.2. The fraction of sp³-hybridized carbons (Fsp3) is 0.250. The Bertz CT molecular complexity index is 554. The van der Waals surface area contributed by atoms with Crippen molar-refractivity contribution in [2.75, 3.05) is 6.54 Å². The first-order valence-corrected chi connectivity index (χ1v) is 5.16. The van der Waals surface area contributed by atoms with Gasteiger partial charge in [0.2, 0.25) is 0 Å². The van der Waals surface area contributed by atoms with Gasteiger partial charge in [-0.15, -0.1) is 0 Å². The third-order valence-electron chi connectivity index (χ3n) is 3.09. The summed E-state index contributed by atoms with van der Waals surface area (Å²) < 4.78 is 1.80. The van der Waals surface area contributed by atoms with Crippen LogP contribution in [-0.2, 0) is 6.42 Å². The molecule has 0 atom stereocenters. The van der Waals surface area contributed by atoms with Crippen LogP contribution in [0.4, 0.5) is 4.79 Å². The molecule has 1 N–H and O–H groups in total. The number of benzene rings is 1. The van der Waals surface area contributed by atoms with E-state index in [1.165, 1.54) is 10.9 Å². The number of nitrogens with zero attached hydrogens (tertiary/aromatic N) is 1. The van der Waals surface area contributed by atoms with Crippen molar-refractivity contribution in [3.63, 3.8) is 0 Å². The number of hydrogen-bond acceptors (Lipinski definition) is 1. The summed E-state index contributed by atoms with van der Waals surface area (Å²) in [6.45, 7) is 2.84. The molecule has 2 aromatic rings. The fourth-order valence-electron chi connectivity index (χ4n) is 2.35. The van der Waals surface area contributed by atoms with Gasteiger partial charge >= 0.3 is 6.03 Å². The highest BCUT2D eigenvalue weighted by Crippen LogP contribution is 2.26. The Hall–Kier alpha value is -1.77. The molecule has 0 radical (unpaired) electrons. The molecule has 15 heavy (non-hydrogen) atoms. The number of nitrogens with one attached hydrogen (secondary N) is 1. The molecule has 0 saturated heterocycles. The summed E-state index contributed by atoms with van der Waals surface area (Å²) in [5, 5.41) is 4.05. The largest absolute Gasteiger partial charge is 0.337 e. The molecule has 2 heterocycles. The van der Waals surface area contributed by atoms with Gasteiger partial charge in [0.15, 0.2) is 0 Å². The van der Waals surface area contributed by atoms with Gasteiger partial charge in [-0.3, -0.25) is 4.57 Å². The van der Waals surface area contributed by atoms with Crippen molar-refractivity contribution < 1.29 is 4.79 Å². The van der Waals surface area contributed by atoms with Crippen molar-refractivity contribution in [1.29, 1.82) is 0 Å². The predicted octanol–water partition coefficient (Wildman–Crippen LogP) is 2.06. The monoisotopic (exact) mass is 200 g/mol. The second kappa shape index (κ2) is 2.86. The molecule has 0 spiro atoms. The molecule has 3 nitrogen and oxygen atoms in total. The molecule has 0 aliphatic carbocycles. The molecule has 1 aliphatic rings. The minimum absolute atomic E-state index is 0.000509. The maximum atomic E-state index is 11.8. The second-order valence-electron chi connectivity index (χ2n) is 3.91. The number of fused-ring (bicyclic) bond motifs is 3. The number of carbonyl (C=O) groups is 1. The van der Waals surface area contributed by atoms with Crippen LogP contribution in [0.15, 0.2) is 24.3 Å². The molecule has 1 aliphatic heterocycles. The van der Waals surface area contributed by atoms with Crippen LogP contribution in [0.3, 0.4) is 0 Å². The highest BCUT2D eigenvalue weighted by Gasteiger charge is 2.21. The maximum Gasteiger partial charge on any atom is 0.326 e. The molecule has 1 aromatic carbocycles. The lowest BCUT2D eigenvalue weighted by Gasteiger charge is -2.16. The third kappa shape index (κ3) is 1.03. The van der Waals surface area contributed by atoms with Gasteiger partial charge in [-0.05, 0) is 18.6 Å². The van der Waals surface area contributed by atoms with Crippen LogP contribution in [0.2, 0.25) is 0 Å². The molecule has 0 fully saturated rings.